The van der Waals surface area contributed by atoms with Crippen LogP contribution >= 0.6 is 23.2 Å². The van der Waals surface area contributed by atoms with E-state index in [1.807, 2.05) is 0 Å². The van der Waals surface area contributed by atoms with E-state index in [1.165, 1.54) is 12.1 Å². The van der Waals surface area contributed by atoms with Crippen molar-refractivity contribution >= 4 is 39.0 Å². The Labute approximate surface area is 175 Å². The standard InChI is InChI=1S/C20H22Cl2O5S/c1-12(19(23)27-20(2,3)4)26-17-8-7-14(21)11-15(17)13-6-9-18(16(22)10-13)28(5,24)25/h6-12H,1-5H3/t12-/m0/s1. The summed E-state index contributed by atoms with van der Waals surface area (Å²) in [4.78, 5) is 12.3. The van der Waals surface area contributed by atoms with Crippen molar-refractivity contribution in [2.24, 2.45) is 0 Å². The molecule has 0 N–H and O–H groups in total. The molecule has 0 saturated heterocycles. The van der Waals surface area contributed by atoms with Crippen LogP contribution in [-0.2, 0) is 19.4 Å². The van der Waals surface area contributed by atoms with Crippen molar-refractivity contribution in [3.8, 4) is 16.9 Å². The van der Waals surface area contributed by atoms with Gasteiger partial charge in [-0.1, -0.05) is 29.3 Å². The lowest BCUT2D eigenvalue weighted by atomic mass is 10.0. The second kappa shape index (κ2) is 8.31. The van der Waals surface area contributed by atoms with Crippen LogP contribution < -0.4 is 4.74 Å². The molecule has 0 aliphatic heterocycles. The van der Waals surface area contributed by atoms with Crippen LogP contribution in [0, 0.1) is 0 Å². The Hall–Kier alpha value is -1.76. The predicted octanol–water partition coefficient (Wildman–Crippen LogP) is 5.17. The van der Waals surface area contributed by atoms with Gasteiger partial charge < -0.3 is 9.47 Å². The van der Waals surface area contributed by atoms with Crippen molar-refractivity contribution in [3.05, 3.63) is 46.4 Å². The molecule has 28 heavy (non-hydrogen) atoms. The van der Waals surface area contributed by atoms with Gasteiger partial charge in [0.25, 0.3) is 0 Å². The maximum atomic E-state index is 12.2. The van der Waals surface area contributed by atoms with Gasteiger partial charge in [0, 0.05) is 16.8 Å². The Morgan fingerprint density at radius 2 is 1.71 bits per heavy atom. The number of carbonyl (C=O) groups is 1. The van der Waals surface area contributed by atoms with E-state index in [0.29, 0.717) is 21.9 Å². The first-order valence-electron chi connectivity index (χ1n) is 8.47. The molecule has 0 aliphatic rings. The van der Waals surface area contributed by atoms with Crippen molar-refractivity contribution in [2.45, 2.75) is 44.3 Å². The summed E-state index contributed by atoms with van der Waals surface area (Å²) in [6.45, 7) is 6.91. The molecule has 0 fully saturated rings. The van der Waals surface area contributed by atoms with Gasteiger partial charge in [-0.15, -0.1) is 0 Å². The molecule has 0 saturated carbocycles. The van der Waals surface area contributed by atoms with Gasteiger partial charge in [0.2, 0.25) is 0 Å². The van der Waals surface area contributed by atoms with Crippen LogP contribution in [0.5, 0.6) is 5.75 Å². The van der Waals surface area contributed by atoms with Crippen molar-refractivity contribution in [1.29, 1.82) is 0 Å². The van der Waals surface area contributed by atoms with Crippen LogP contribution in [0.25, 0.3) is 11.1 Å². The summed E-state index contributed by atoms with van der Waals surface area (Å²) >= 11 is 12.3. The molecule has 1 atom stereocenters. The molecule has 152 valence electrons. The minimum absolute atomic E-state index is 0.0320. The highest BCUT2D eigenvalue weighted by atomic mass is 35.5. The molecule has 0 radical (unpaired) electrons. The fraction of sp³-hybridized carbons (Fsp3) is 0.350. The van der Waals surface area contributed by atoms with Crippen LogP contribution in [-0.4, -0.2) is 32.3 Å². The Bertz CT molecular complexity index is 994. The highest BCUT2D eigenvalue weighted by molar-refractivity contribution is 7.90. The van der Waals surface area contributed by atoms with Gasteiger partial charge in [0.05, 0.1) is 9.92 Å². The molecule has 2 rings (SSSR count). The maximum absolute atomic E-state index is 12.2. The van der Waals surface area contributed by atoms with E-state index in [9.17, 15) is 13.2 Å². The molecule has 0 aliphatic carbocycles. The highest BCUT2D eigenvalue weighted by Gasteiger charge is 2.24. The van der Waals surface area contributed by atoms with Gasteiger partial charge in [-0.25, -0.2) is 13.2 Å². The predicted molar refractivity (Wildman–Crippen MR) is 111 cm³/mol. The first-order chi connectivity index (χ1) is 12.8. The number of sulfone groups is 1. The molecule has 0 unspecified atom stereocenters. The van der Waals surface area contributed by atoms with Gasteiger partial charge in [0.15, 0.2) is 15.9 Å². The molecule has 0 spiro atoms. The third kappa shape index (κ3) is 5.87. The second-order valence-corrected chi connectivity index (χ2v) is 10.2. The van der Waals surface area contributed by atoms with Crippen LogP contribution in [0.15, 0.2) is 41.3 Å². The van der Waals surface area contributed by atoms with Gasteiger partial charge in [-0.2, -0.15) is 0 Å². The molecule has 0 heterocycles. The monoisotopic (exact) mass is 444 g/mol. The van der Waals surface area contributed by atoms with Crippen LogP contribution in [0.4, 0.5) is 0 Å². The molecular formula is C20H22Cl2O5S. The van der Waals surface area contributed by atoms with Crippen LogP contribution in [0.3, 0.4) is 0 Å². The number of benzene rings is 2. The number of ether oxygens (including phenoxy) is 2. The summed E-state index contributed by atoms with van der Waals surface area (Å²) in [5.41, 5.74) is 0.545. The van der Waals surface area contributed by atoms with Crippen LogP contribution in [0.1, 0.15) is 27.7 Å². The molecule has 0 aromatic heterocycles. The summed E-state index contributed by atoms with van der Waals surface area (Å²) in [6.07, 6.45) is 0.231. The van der Waals surface area contributed by atoms with E-state index >= 15 is 0 Å². The van der Waals surface area contributed by atoms with E-state index in [0.717, 1.165) is 6.26 Å². The lowest BCUT2D eigenvalue weighted by Gasteiger charge is -2.23. The second-order valence-electron chi connectivity index (χ2n) is 7.35. The summed E-state index contributed by atoms with van der Waals surface area (Å²) in [5.74, 6) is -0.107. The third-order valence-corrected chi connectivity index (χ3v) is 5.44. The molecule has 8 heteroatoms. The smallest absolute Gasteiger partial charge is 0.347 e. The summed E-state index contributed by atoms with van der Waals surface area (Å²) in [5, 5.41) is 0.543. The molecule has 2 aromatic carbocycles. The minimum Gasteiger partial charge on any atom is -0.478 e. The number of rotatable bonds is 5. The SMILES string of the molecule is C[C@H](Oc1ccc(Cl)cc1-c1ccc(S(C)(=O)=O)c(Cl)c1)C(=O)OC(C)(C)C. The zero-order valence-corrected chi connectivity index (χ0v) is 18.6. The third-order valence-electron chi connectivity index (χ3n) is 3.63. The quantitative estimate of drug-likeness (QED) is 0.594. The summed E-state index contributed by atoms with van der Waals surface area (Å²) in [6, 6.07) is 9.48. The molecule has 0 amide bonds. The van der Waals surface area contributed by atoms with Gasteiger partial charge in [0.1, 0.15) is 11.4 Å². The topological polar surface area (TPSA) is 69.7 Å². The van der Waals surface area contributed by atoms with Gasteiger partial charge in [-0.3, -0.25) is 0 Å². The van der Waals surface area contributed by atoms with Crippen molar-refractivity contribution < 1.29 is 22.7 Å². The molecular weight excluding hydrogens is 423 g/mol. The van der Waals surface area contributed by atoms with E-state index < -0.39 is 27.5 Å². The zero-order valence-electron chi connectivity index (χ0n) is 16.2. The largest absolute Gasteiger partial charge is 0.478 e. The van der Waals surface area contributed by atoms with E-state index in [1.54, 1.807) is 52.0 Å². The molecule has 5 nitrogen and oxygen atoms in total. The van der Waals surface area contributed by atoms with Crippen LogP contribution in [0.2, 0.25) is 10.0 Å². The Kier molecular flexibility index (Phi) is 6.69. The Morgan fingerprint density at radius 3 is 2.25 bits per heavy atom. The van der Waals surface area contributed by atoms with E-state index in [2.05, 4.69) is 0 Å². The maximum Gasteiger partial charge on any atom is 0.347 e. The fourth-order valence-corrected chi connectivity index (χ4v) is 3.92. The van der Waals surface area contributed by atoms with Crippen molar-refractivity contribution in [1.82, 2.24) is 0 Å². The zero-order chi connectivity index (χ0) is 21.3. The fourth-order valence-electron chi connectivity index (χ4n) is 2.42. The number of esters is 1. The minimum atomic E-state index is -3.45. The lowest BCUT2D eigenvalue weighted by molar-refractivity contribution is -0.162. The number of halogens is 2. The van der Waals surface area contributed by atoms with Gasteiger partial charge >= 0.3 is 5.97 Å². The molecule has 0 bridgehead atoms. The van der Waals surface area contributed by atoms with Crippen molar-refractivity contribution in [3.63, 3.8) is 0 Å². The highest BCUT2D eigenvalue weighted by Crippen LogP contribution is 2.36. The average molecular weight is 445 g/mol. The van der Waals surface area contributed by atoms with Gasteiger partial charge in [-0.05, 0) is 63.6 Å². The first-order valence-corrected chi connectivity index (χ1v) is 11.1. The summed E-state index contributed by atoms with van der Waals surface area (Å²) in [7, 11) is -3.45. The van der Waals surface area contributed by atoms with Crippen molar-refractivity contribution in [2.75, 3.05) is 6.26 Å². The Morgan fingerprint density at radius 1 is 1.07 bits per heavy atom. The number of hydrogen-bond acceptors (Lipinski definition) is 5. The lowest BCUT2D eigenvalue weighted by Crippen LogP contribution is -2.33. The Balaban J connectivity index is 2.40. The summed E-state index contributed by atoms with van der Waals surface area (Å²) < 4.78 is 34.7. The molecule has 2 aromatic rings. The number of carbonyl (C=O) groups excluding carboxylic acids is 1. The van der Waals surface area contributed by atoms with E-state index in [4.69, 9.17) is 32.7 Å². The average Bonchev–Trinajstić information content (AvgIpc) is 2.53. The normalized spacial score (nSPS) is 13.1. The first kappa shape index (κ1) is 22.5. The number of hydrogen-bond donors (Lipinski definition) is 0. The van der Waals surface area contributed by atoms with E-state index in [-0.39, 0.29) is 9.92 Å².